The summed E-state index contributed by atoms with van der Waals surface area (Å²) in [5, 5.41) is 6.48. The van der Waals surface area contributed by atoms with E-state index in [1.54, 1.807) is 19.2 Å². The van der Waals surface area contributed by atoms with E-state index in [1.807, 2.05) is 0 Å². The fourth-order valence-electron chi connectivity index (χ4n) is 5.06. The fraction of sp³-hybridized carbons (Fsp3) is 0.615. The highest BCUT2D eigenvalue weighted by Gasteiger charge is 2.64. The van der Waals surface area contributed by atoms with E-state index in [-0.39, 0.29) is 35.2 Å². The highest BCUT2D eigenvalue weighted by Crippen LogP contribution is 2.44. The lowest BCUT2D eigenvalue weighted by Crippen LogP contribution is -2.83. The SMILES string of the molecule is [B]C1([B])NC(=O)N([C@H](COC)c2cnn3cc([C@H](CCC(C)(C)C(F)(F)F)NC(=O)c4ncnn4C(C)C)nc3c2)C([B])([B])C1(F)F. The summed E-state index contributed by atoms with van der Waals surface area (Å²) >= 11 is 0. The first-order valence-electron chi connectivity index (χ1n) is 14.3. The van der Waals surface area contributed by atoms with Gasteiger partial charge in [0.05, 0.1) is 73.6 Å². The second-order valence-electron chi connectivity index (χ2n) is 12.4. The number of amides is 3. The maximum Gasteiger partial charge on any atom is 0.393 e. The predicted molar refractivity (Wildman–Crippen MR) is 161 cm³/mol. The van der Waals surface area contributed by atoms with E-state index in [0.717, 1.165) is 13.8 Å². The normalized spacial score (nSPS) is 19.0. The topological polar surface area (TPSA) is 132 Å². The number of fused-ring (bicyclic) bond motifs is 1. The van der Waals surface area contributed by atoms with Gasteiger partial charge in [-0.1, -0.05) is 13.8 Å². The van der Waals surface area contributed by atoms with Crippen molar-refractivity contribution in [2.45, 2.75) is 81.4 Å². The molecule has 4 rings (SSSR count). The number of imidazole rings is 1. The zero-order valence-corrected chi connectivity index (χ0v) is 26.2. The molecule has 2 N–H and O–H groups in total. The van der Waals surface area contributed by atoms with Crippen LogP contribution in [-0.4, -0.2) is 114 Å². The minimum absolute atomic E-state index is 0.0608. The van der Waals surface area contributed by atoms with Gasteiger partial charge in [-0.25, -0.2) is 32.7 Å². The van der Waals surface area contributed by atoms with E-state index in [9.17, 15) is 22.8 Å². The molecule has 3 amide bonds. The molecular weight excluding hydrogens is 625 g/mol. The number of alkyl halides is 5. The summed E-state index contributed by atoms with van der Waals surface area (Å²) in [7, 11) is 23.7. The van der Waals surface area contributed by atoms with Crippen LogP contribution >= 0.6 is 0 Å². The van der Waals surface area contributed by atoms with Crippen LogP contribution in [0.3, 0.4) is 0 Å². The first-order chi connectivity index (χ1) is 21.6. The summed E-state index contributed by atoms with van der Waals surface area (Å²) < 4.78 is 79.4. The molecule has 1 aliphatic rings. The van der Waals surface area contributed by atoms with E-state index < -0.39 is 65.2 Å². The molecule has 1 fully saturated rings. The van der Waals surface area contributed by atoms with Crippen LogP contribution < -0.4 is 10.6 Å². The predicted octanol–water partition coefficient (Wildman–Crippen LogP) is 2.07. The van der Waals surface area contributed by atoms with Gasteiger partial charge in [0.2, 0.25) is 5.82 Å². The number of methoxy groups -OCH3 is 1. The Balaban J connectivity index is 1.73. The van der Waals surface area contributed by atoms with Crippen LogP contribution in [0.1, 0.15) is 80.5 Å². The average Bonchev–Trinajstić information content (AvgIpc) is 3.60. The van der Waals surface area contributed by atoms with Gasteiger partial charge in [0.1, 0.15) is 6.33 Å². The number of nitrogens with one attached hydrogen (secondary N) is 2. The summed E-state index contributed by atoms with van der Waals surface area (Å²) in [5.74, 6) is -5.02. The molecule has 2 atom stereocenters. The third kappa shape index (κ3) is 6.59. The maximum absolute atomic E-state index is 15.2. The first-order valence-corrected chi connectivity index (χ1v) is 14.3. The number of nitrogens with zero attached hydrogens (tertiary/aromatic N) is 7. The van der Waals surface area contributed by atoms with Crippen molar-refractivity contribution in [2.75, 3.05) is 13.7 Å². The molecule has 3 aromatic rings. The Morgan fingerprint density at radius 1 is 1.15 bits per heavy atom. The molecule has 0 aliphatic carbocycles. The van der Waals surface area contributed by atoms with Crippen LogP contribution in [0.4, 0.5) is 26.7 Å². The van der Waals surface area contributed by atoms with Gasteiger partial charge < -0.3 is 20.3 Å². The van der Waals surface area contributed by atoms with E-state index in [0.29, 0.717) is 4.90 Å². The van der Waals surface area contributed by atoms with E-state index in [2.05, 4.69) is 25.5 Å². The molecule has 1 saturated heterocycles. The van der Waals surface area contributed by atoms with Crippen LogP contribution in [0.15, 0.2) is 24.8 Å². The standard InChI is InChI=1S/C26H30B4F5N9O3/c1-13(2)44-19(36-12-38-44)20(45)40-15(6-7-22(3,4)26(33,34)35)16-10-42-18(39-16)8-14(9-37-42)17(11-47-5)43-21(46)41-24(27,28)23(31,32)25(43,29)30/h8-10,12-13,15,17H,6-7,11H2,1-5H3,(H,40,45)(H,41,46)/t15-,17+/m0/s1. The van der Waals surface area contributed by atoms with Gasteiger partial charge in [-0.3, -0.25) is 4.79 Å². The van der Waals surface area contributed by atoms with Crippen LogP contribution in [0.5, 0.6) is 0 Å². The molecule has 3 aromatic heterocycles. The molecule has 244 valence electrons. The van der Waals surface area contributed by atoms with Gasteiger partial charge in [-0.15, -0.1) is 0 Å². The second-order valence-corrected chi connectivity index (χ2v) is 12.4. The highest BCUT2D eigenvalue weighted by molar-refractivity contribution is 6.48. The Morgan fingerprint density at radius 2 is 1.81 bits per heavy atom. The number of urea groups is 1. The van der Waals surface area contributed by atoms with E-state index in [1.165, 1.54) is 41.1 Å². The third-order valence-electron chi connectivity index (χ3n) is 8.09. The van der Waals surface area contributed by atoms with Crippen molar-refractivity contribution < 1.29 is 36.3 Å². The average molecular weight is 655 g/mol. The lowest BCUT2D eigenvalue weighted by Gasteiger charge is -2.58. The van der Waals surface area contributed by atoms with Crippen LogP contribution in [0, 0.1) is 5.41 Å². The molecule has 8 radical (unpaired) electrons. The number of halogens is 5. The molecule has 0 spiro atoms. The van der Waals surface area contributed by atoms with Crippen molar-refractivity contribution in [3.8, 4) is 0 Å². The van der Waals surface area contributed by atoms with Crippen LogP contribution in [0.2, 0.25) is 0 Å². The zero-order chi connectivity index (χ0) is 35.3. The molecule has 1 aliphatic heterocycles. The molecule has 0 saturated carbocycles. The second kappa shape index (κ2) is 12.4. The minimum atomic E-state index is -4.53. The molecule has 0 aromatic carbocycles. The van der Waals surface area contributed by atoms with Crippen molar-refractivity contribution >= 4 is 49.0 Å². The van der Waals surface area contributed by atoms with Gasteiger partial charge in [-0.05, 0) is 32.8 Å². The number of carbonyl (C=O) groups is 2. The third-order valence-corrected chi connectivity index (χ3v) is 8.09. The van der Waals surface area contributed by atoms with Crippen molar-refractivity contribution in [2.24, 2.45) is 5.41 Å². The van der Waals surface area contributed by atoms with Gasteiger partial charge >= 0.3 is 12.2 Å². The highest BCUT2D eigenvalue weighted by atomic mass is 19.4. The Bertz CT molecular complexity index is 1630. The minimum Gasteiger partial charge on any atom is -0.382 e. The zero-order valence-electron chi connectivity index (χ0n) is 26.2. The van der Waals surface area contributed by atoms with Crippen molar-refractivity contribution in [1.29, 1.82) is 0 Å². The Labute approximate surface area is 272 Å². The van der Waals surface area contributed by atoms with Gasteiger partial charge in [0.15, 0.2) is 5.65 Å². The van der Waals surface area contributed by atoms with Crippen molar-refractivity contribution in [1.82, 2.24) is 44.9 Å². The molecule has 4 heterocycles. The first kappa shape index (κ1) is 36.2. The van der Waals surface area contributed by atoms with Crippen molar-refractivity contribution in [3.05, 3.63) is 41.9 Å². The summed E-state index contributed by atoms with van der Waals surface area (Å²) in [4.78, 5) is 35.1. The maximum atomic E-state index is 15.2. The smallest absolute Gasteiger partial charge is 0.382 e. The summed E-state index contributed by atoms with van der Waals surface area (Å²) in [6.07, 6.45) is -1.33. The lowest BCUT2D eigenvalue weighted by atomic mass is 9.43. The van der Waals surface area contributed by atoms with E-state index in [4.69, 9.17) is 36.1 Å². The molecule has 0 unspecified atom stereocenters. The number of carbonyl (C=O) groups excluding carboxylic acids is 2. The summed E-state index contributed by atoms with van der Waals surface area (Å²) in [5.41, 5.74) is -1.81. The molecule has 21 heteroatoms. The molecule has 47 heavy (non-hydrogen) atoms. The number of ether oxygens (including phenoxy) is 1. The van der Waals surface area contributed by atoms with Gasteiger partial charge in [0, 0.05) is 29.4 Å². The summed E-state index contributed by atoms with van der Waals surface area (Å²) in [6.45, 7) is 5.24. The van der Waals surface area contributed by atoms with Crippen LogP contribution in [0.25, 0.3) is 5.65 Å². The molecular formula is C26H30B4F5N9O3. The quantitative estimate of drug-likeness (QED) is 0.239. The number of rotatable bonds is 11. The molecule has 12 nitrogen and oxygen atoms in total. The number of hydrogen-bond acceptors (Lipinski definition) is 7. The van der Waals surface area contributed by atoms with E-state index >= 15 is 8.78 Å². The fourth-order valence-corrected chi connectivity index (χ4v) is 5.06. The van der Waals surface area contributed by atoms with Gasteiger partial charge in [-0.2, -0.15) is 23.4 Å². The summed E-state index contributed by atoms with van der Waals surface area (Å²) in [6, 6.07) is -2.53. The monoisotopic (exact) mass is 655 g/mol. The Hall–Kier alpha value is -3.63. The Kier molecular flexibility index (Phi) is 9.58. The lowest BCUT2D eigenvalue weighted by molar-refractivity contribution is -0.214. The largest absolute Gasteiger partial charge is 0.393 e. The Morgan fingerprint density at radius 3 is 2.40 bits per heavy atom. The van der Waals surface area contributed by atoms with Gasteiger partial charge in [0.25, 0.3) is 11.8 Å². The van der Waals surface area contributed by atoms with Crippen LogP contribution in [-0.2, 0) is 4.74 Å². The number of hydrogen-bond donors (Lipinski definition) is 2. The van der Waals surface area contributed by atoms with Crippen molar-refractivity contribution in [3.63, 3.8) is 0 Å². The number of aromatic nitrogens is 6. The molecule has 0 bridgehead atoms.